The Bertz CT molecular complexity index is 284. The van der Waals surface area contributed by atoms with Crippen LogP contribution in [0.15, 0.2) is 0 Å². The number of aliphatic hydroxyl groups is 1. The summed E-state index contributed by atoms with van der Waals surface area (Å²) < 4.78 is 0. The molecule has 0 heterocycles. The molecule has 0 aliphatic carbocycles. The van der Waals surface area contributed by atoms with Crippen LogP contribution < -0.4 is 11.2 Å². The van der Waals surface area contributed by atoms with E-state index in [-0.39, 0.29) is 26.0 Å². The topological polar surface area (TPSA) is 124 Å². The van der Waals surface area contributed by atoms with Crippen molar-refractivity contribution in [3.8, 4) is 0 Å². The van der Waals surface area contributed by atoms with Crippen molar-refractivity contribution in [1.29, 1.82) is 0 Å². The summed E-state index contributed by atoms with van der Waals surface area (Å²) in [4.78, 5) is 33.3. The molecule has 0 saturated carbocycles. The van der Waals surface area contributed by atoms with E-state index in [4.69, 9.17) is 10.8 Å². The van der Waals surface area contributed by atoms with Gasteiger partial charge in [-0.15, -0.1) is 0 Å². The lowest BCUT2D eigenvalue weighted by Gasteiger charge is -2.25. The van der Waals surface area contributed by atoms with Gasteiger partial charge in [0.2, 0.25) is 0 Å². The van der Waals surface area contributed by atoms with E-state index in [1.165, 1.54) is 0 Å². The van der Waals surface area contributed by atoms with Crippen LogP contribution in [0.2, 0.25) is 0 Å². The Hall–Kier alpha value is -1.15. The van der Waals surface area contributed by atoms with Crippen molar-refractivity contribution in [1.82, 2.24) is 5.43 Å². The molecule has 0 saturated heterocycles. The summed E-state index contributed by atoms with van der Waals surface area (Å²) in [6.45, 7) is 0.162. The van der Waals surface area contributed by atoms with Crippen LogP contribution in [0.5, 0.6) is 0 Å². The van der Waals surface area contributed by atoms with Crippen LogP contribution in [0.1, 0.15) is 32.1 Å². The van der Waals surface area contributed by atoms with Crippen molar-refractivity contribution in [3.05, 3.63) is 5.43 Å². The number of Topliss-reactive ketones (excluding diaryl/α,β-unsaturated/α-hetero) is 2. The Morgan fingerprint density at radius 3 is 2.58 bits per heavy atom. The van der Waals surface area contributed by atoms with E-state index in [1.54, 1.807) is 0 Å². The number of hydrogen-bond donors (Lipinski definition) is 3. The summed E-state index contributed by atoms with van der Waals surface area (Å²) >= 11 is 0. The molecular weight excluding hydrogens is 250 g/mol. The molecule has 110 valence electrons. The fourth-order valence-corrected chi connectivity index (χ4v) is 1.37. The SMILES string of the molecule is NCCCC[C@H](C=O)N[N-]CC(=O)C(=O)CCCO. The van der Waals surface area contributed by atoms with Gasteiger partial charge >= 0.3 is 0 Å². The number of nitrogens with one attached hydrogen (secondary N) is 1. The molecule has 0 fully saturated rings. The third kappa shape index (κ3) is 9.43. The van der Waals surface area contributed by atoms with Gasteiger partial charge in [0.1, 0.15) is 6.29 Å². The number of aldehydes is 1. The highest BCUT2D eigenvalue weighted by molar-refractivity contribution is 6.38. The minimum Gasteiger partial charge on any atom is -0.590 e. The van der Waals surface area contributed by atoms with E-state index in [9.17, 15) is 14.4 Å². The highest BCUT2D eigenvalue weighted by Crippen LogP contribution is 2.00. The predicted octanol–water partition coefficient (Wildman–Crippen LogP) is -0.528. The first-order valence-electron chi connectivity index (χ1n) is 6.40. The van der Waals surface area contributed by atoms with Crippen molar-refractivity contribution >= 4 is 17.9 Å². The highest BCUT2D eigenvalue weighted by Gasteiger charge is 2.08. The van der Waals surface area contributed by atoms with Crippen LogP contribution in [0.3, 0.4) is 0 Å². The molecule has 0 aromatic rings. The third-order valence-electron chi connectivity index (χ3n) is 2.49. The van der Waals surface area contributed by atoms with Gasteiger partial charge in [0.05, 0.1) is 0 Å². The van der Waals surface area contributed by atoms with Gasteiger partial charge in [-0.2, -0.15) is 0 Å². The lowest BCUT2D eigenvalue weighted by Crippen LogP contribution is -2.30. The molecule has 19 heavy (non-hydrogen) atoms. The summed E-state index contributed by atoms with van der Waals surface area (Å²) in [5, 5.41) is 8.53. The number of unbranched alkanes of at least 4 members (excludes halogenated alkanes) is 1. The lowest BCUT2D eigenvalue weighted by molar-refractivity contribution is -0.135. The maximum absolute atomic E-state index is 11.3. The zero-order valence-electron chi connectivity index (χ0n) is 11.0. The molecule has 0 aliphatic heterocycles. The Morgan fingerprint density at radius 1 is 1.26 bits per heavy atom. The number of nitrogens with zero attached hydrogens (tertiary/aromatic N) is 1. The largest absolute Gasteiger partial charge is 0.590 e. The summed E-state index contributed by atoms with van der Waals surface area (Å²) in [6, 6.07) is -0.452. The van der Waals surface area contributed by atoms with Crippen LogP contribution in [0.4, 0.5) is 0 Å². The normalized spacial score (nSPS) is 12.1. The molecule has 4 N–H and O–H groups in total. The summed E-state index contributed by atoms with van der Waals surface area (Å²) in [6.07, 6.45) is 3.23. The second-order valence-electron chi connectivity index (χ2n) is 4.15. The second kappa shape index (κ2) is 11.9. The van der Waals surface area contributed by atoms with Crippen molar-refractivity contribution in [3.63, 3.8) is 0 Å². The number of carbonyl (C=O) groups excluding carboxylic acids is 3. The van der Waals surface area contributed by atoms with Gasteiger partial charge in [-0.25, -0.2) is 0 Å². The van der Waals surface area contributed by atoms with Gasteiger partial charge in [0.25, 0.3) is 0 Å². The van der Waals surface area contributed by atoms with E-state index in [0.717, 1.165) is 19.1 Å². The third-order valence-corrected chi connectivity index (χ3v) is 2.49. The maximum Gasteiger partial charge on any atom is 0.196 e. The van der Waals surface area contributed by atoms with Gasteiger partial charge in [-0.3, -0.25) is 9.59 Å². The Labute approximate surface area is 112 Å². The molecule has 0 rings (SSSR count). The molecule has 1 atom stereocenters. The van der Waals surface area contributed by atoms with Gasteiger partial charge in [-0.1, -0.05) is 13.0 Å². The van der Waals surface area contributed by atoms with E-state index < -0.39 is 17.6 Å². The molecule has 7 heteroatoms. The van der Waals surface area contributed by atoms with Gasteiger partial charge in [-0.05, 0) is 25.8 Å². The fourth-order valence-electron chi connectivity index (χ4n) is 1.37. The van der Waals surface area contributed by atoms with Crippen LogP contribution in [-0.2, 0) is 14.4 Å². The standard InChI is InChI=1S/C12H23N3O4/c13-6-2-1-4-10(9-17)15-14-8-12(19)11(18)5-3-7-16/h9-10,16H,1-8,13H2,(H2,14,15,18,19)/p-1/t10-/m1/s1. The molecule has 7 nitrogen and oxygen atoms in total. The van der Waals surface area contributed by atoms with Crippen molar-refractivity contribution in [2.24, 2.45) is 5.73 Å². The number of ketones is 2. The number of rotatable bonds is 13. The van der Waals surface area contributed by atoms with Crippen LogP contribution >= 0.6 is 0 Å². The van der Waals surface area contributed by atoms with Crippen molar-refractivity contribution < 1.29 is 19.5 Å². The average Bonchev–Trinajstić information content (AvgIpc) is 2.42. The Kier molecular flexibility index (Phi) is 11.2. The van der Waals surface area contributed by atoms with E-state index in [2.05, 4.69) is 10.9 Å². The van der Waals surface area contributed by atoms with Crippen molar-refractivity contribution in [2.75, 3.05) is 19.7 Å². The lowest BCUT2D eigenvalue weighted by atomic mass is 10.1. The maximum atomic E-state index is 11.3. The molecule has 0 radical (unpaired) electrons. The fraction of sp³-hybridized carbons (Fsp3) is 0.750. The van der Waals surface area contributed by atoms with E-state index in [1.807, 2.05) is 0 Å². The highest BCUT2D eigenvalue weighted by atomic mass is 16.3. The van der Waals surface area contributed by atoms with Crippen LogP contribution in [0, 0.1) is 0 Å². The van der Waals surface area contributed by atoms with E-state index >= 15 is 0 Å². The van der Waals surface area contributed by atoms with Crippen LogP contribution in [-0.4, -0.2) is 48.7 Å². The monoisotopic (exact) mass is 272 g/mol. The minimum absolute atomic E-state index is 0.0263. The molecule has 0 unspecified atom stereocenters. The zero-order valence-corrected chi connectivity index (χ0v) is 11.0. The molecule has 0 amide bonds. The second-order valence-corrected chi connectivity index (χ2v) is 4.15. The number of aliphatic hydroxyl groups excluding tert-OH is 1. The first-order chi connectivity index (χ1) is 9.15. The Morgan fingerprint density at radius 2 is 2.00 bits per heavy atom. The smallest absolute Gasteiger partial charge is 0.196 e. The molecule has 0 aliphatic rings. The first-order valence-corrected chi connectivity index (χ1v) is 6.40. The first kappa shape index (κ1) is 17.8. The number of carbonyl (C=O) groups is 3. The average molecular weight is 272 g/mol. The molecular formula is C12H22N3O4-. The zero-order chi connectivity index (χ0) is 14.5. The Balaban J connectivity index is 3.76. The summed E-state index contributed by atoms with van der Waals surface area (Å²) in [5.74, 6) is -1.17. The number of nitrogens with two attached hydrogens (primary N) is 1. The molecule has 0 spiro atoms. The quantitative estimate of drug-likeness (QED) is 0.179. The number of hydrogen-bond acceptors (Lipinski definition) is 6. The van der Waals surface area contributed by atoms with Gasteiger partial charge in [0, 0.05) is 19.1 Å². The minimum atomic E-state index is -0.618. The van der Waals surface area contributed by atoms with E-state index in [0.29, 0.717) is 13.0 Å². The van der Waals surface area contributed by atoms with Gasteiger partial charge in [0.15, 0.2) is 11.6 Å². The molecule has 0 aromatic heterocycles. The van der Waals surface area contributed by atoms with Crippen molar-refractivity contribution in [2.45, 2.75) is 38.1 Å². The summed E-state index contributed by atoms with van der Waals surface area (Å²) in [7, 11) is 0. The summed E-state index contributed by atoms with van der Waals surface area (Å²) in [5.41, 5.74) is 11.6. The predicted molar refractivity (Wildman–Crippen MR) is 70.5 cm³/mol. The molecule has 0 aromatic carbocycles. The van der Waals surface area contributed by atoms with Gasteiger partial charge < -0.3 is 26.5 Å². The molecule has 0 bridgehead atoms. The van der Waals surface area contributed by atoms with Crippen LogP contribution in [0.25, 0.3) is 5.43 Å².